The molecule has 2 aromatic heterocycles. The van der Waals surface area contributed by atoms with Crippen LogP contribution in [0.5, 0.6) is 0 Å². The summed E-state index contributed by atoms with van der Waals surface area (Å²) in [6.45, 7) is 1.77. The van der Waals surface area contributed by atoms with Crippen LogP contribution < -0.4 is 0 Å². The van der Waals surface area contributed by atoms with Crippen molar-refractivity contribution in [2.45, 2.75) is 18.0 Å². The average Bonchev–Trinajstić information content (AvgIpc) is 3.37. The van der Waals surface area contributed by atoms with E-state index in [1.807, 2.05) is 0 Å². The number of sulfone groups is 1. The summed E-state index contributed by atoms with van der Waals surface area (Å²) in [5, 5.41) is 3.74. The Morgan fingerprint density at radius 2 is 1.74 bits per heavy atom. The molecular weight excluding hydrogens is 431 g/mol. The third kappa shape index (κ3) is 4.11. The zero-order chi connectivity index (χ0) is 22.4. The smallest absolute Gasteiger partial charge is 0.435 e. The normalized spacial score (nSPS) is 12.3. The van der Waals surface area contributed by atoms with Gasteiger partial charge in [-0.15, -0.1) is 0 Å². The molecule has 160 valence electrons. The van der Waals surface area contributed by atoms with Gasteiger partial charge in [-0.2, -0.15) is 18.3 Å². The van der Waals surface area contributed by atoms with Crippen LogP contribution in [-0.2, 0) is 16.0 Å². The van der Waals surface area contributed by atoms with Crippen molar-refractivity contribution in [2.75, 3.05) is 6.26 Å². The summed E-state index contributed by atoms with van der Waals surface area (Å²) in [6.07, 6.45) is 0.403. The summed E-state index contributed by atoms with van der Waals surface area (Å²) in [7, 11) is -3.42. The molecule has 2 aromatic carbocycles. The maximum Gasteiger partial charge on any atom is 0.435 e. The molecule has 31 heavy (non-hydrogen) atoms. The first kappa shape index (κ1) is 20.9. The number of alkyl halides is 3. The van der Waals surface area contributed by atoms with Crippen LogP contribution >= 0.6 is 0 Å². The first-order valence-electron chi connectivity index (χ1n) is 9.01. The van der Waals surface area contributed by atoms with Gasteiger partial charge in [-0.1, -0.05) is 18.2 Å². The molecule has 0 bridgehead atoms. The Balaban J connectivity index is 1.80. The van der Waals surface area contributed by atoms with Crippen LogP contribution in [0.4, 0.5) is 13.2 Å². The number of hydrogen-bond donors (Lipinski definition) is 0. The zero-order valence-electron chi connectivity index (χ0n) is 16.4. The van der Waals surface area contributed by atoms with Gasteiger partial charge in [0.2, 0.25) is 0 Å². The third-order valence-electron chi connectivity index (χ3n) is 4.76. The number of aromatic nitrogens is 3. The molecule has 0 unspecified atom stereocenters. The van der Waals surface area contributed by atoms with E-state index in [4.69, 9.17) is 4.42 Å². The summed E-state index contributed by atoms with van der Waals surface area (Å²) >= 11 is 0. The van der Waals surface area contributed by atoms with Crippen molar-refractivity contribution in [3.8, 4) is 28.1 Å². The van der Waals surface area contributed by atoms with Crippen molar-refractivity contribution in [1.29, 1.82) is 0 Å². The fourth-order valence-electron chi connectivity index (χ4n) is 3.24. The van der Waals surface area contributed by atoms with Gasteiger partial charge in [0, 0.05) is 23.6 Å². The predicted molar refractivity (Wildman–Crippen MR) is 107 cm³/mol. The molecule has 0 saturated heterocycles. The van der Waals surface area contributed by atoms with E-state index in [1.165, 1.54) is 43.1 Å². The van der Waals surface area contributed by atoms with Crippen molar-refractivity contribution in [3.63, 3.8) is 0 Å². The quantitative estimate of drug-likeness (QED) is 0.444. The summed E-state index contributed by atoms with van der Waals surface area (Å²) in [5.41, 5.74) is 1.58. The number of oxazole rings is 1. The van der Waals surface area contributed by atoms with Crippen molar-refractivity contribution in [1.82, 2.24) is 14.8 Å². The second-order valence-corrected chi connectivity index (χ2v) is 9.02. The Hall–Kier alpha value is -3.40. The van der Waals surface area contributed by atoms with Gasteiger partial charge in [0.15, 0.2) is 21.9 Å². The van der Waals surface area contributed by atoms with Gasteiger partial charge >= 0.3 is 6.18 Å². The maximum atomic E-state index is 13.7. The van der Waals surface area contributed by atoms with E-state index in [1.54, 1.807) is 25.1 Å². The van der Waals surface area contributed by atoms with Crippen LogP contribution in [0.2, 0.25) is 0 Å². The molecule has 0 aliphatic heterocycles. The molecule has 4 rings (SSSR count). The van der Waals surface area contributed by atoms with E-state index in [0.29, 0.717) is 16.9 Å². The van der Waals surface area contributed by atoms with Gasteiger partial charge in [-0.3, -0.25) is 0 Å². The highest BCUT2D eigenvalue weighted by Gasteiger charge is 2.37. The number of rotatable bonds is 4. The van der Waals surface area contributed by atoms with Crippen molar-refractivity contribution in [3.05, 3.63) is 72.6 Å². The van der Waals surface area contributed by atoms with Crippen LogP contribution in [0.25, 0.3) is 28.1 Å². The maximum absolute atomic E-state index is 13.7. The van der Waals surface area contributed by atoms with E-state index in [9.17, 15) is 21.6 Å². The van der Waals surface area contributed by atoms with E-state index in [0.717, 1.165) is 22.1 Å². The zero-order valence-corrected chi connectivity index (χ0v) is 17.2. The second-order valence-electron chi connectivity index (χ2n) is 7.00. The first-order chi connectivity index (χ1) is 14.5. The van der Waals surface area contributed by atoms with Gasteiger partial charge in [0.25, 0.3) is 0 Å². The molecule has 4 aromatic rings. The number of aryl methyl sites for hydroxylation is 1. The SMILES string of the molecule is Cc1cc(-c2cn(-c3ccc(S(C)(=O)=O)cc3)nc2C(F)(F)F)ccc1-c1cocn1. The van der Waals surface area contributed by atoms with E-state index in [2.05, 4.69) is 10.1 Å². The standard InChI is InChI=1S/C21H16F3N3O3S/c1-13-9-14(3-8-17(13)19-11-30-12-25-19)18-10-27(26-20(18)21(22,23)24)15-4-6-16(7-5-15)31(2,28)29/h3-12H,1-2H3. The largest absolute Gasteiger partial charge is 0.451 e. The minimum absolute atomic E-state index is 0.0683. The number of hydrogen-bond acceptors (Lipinski definition) is 5. The van der Waals surface area contributed by atoms with Crippen LogP contribution in [0.15, 0.2) is 70.6 Å². The highest BCUT2D eigenvalue weighted by Crippen LogP contribution is 2.38. The Labute approximate surface area is 175 Å². The van der Waals surface area contributed by atoms with Crippen LogP contribution in [-0.4, -0.2) is 29.4 Å². The Kier molecular flexibility index (Phi) is 4.97. The lowest BCUT2D eigenvalue weighted by molar-refractivity contribution is -0.140. The molecule has 0 fully saturated rings. The van der Waals surface area contributed by atoms with Gasteiger partial charge < -0.3 is 4.42 Å². The molecular formula is C21H16F3N3O3S. The van der Waals surface area contributed by atoms with Gasteiger partial charge in [-0.25, -0.2) is 18.1 Å². The van der Waals surface area contributed by atoms with Crippen LogP contribution in [0, 0.1) is 6.92 Å². The molecule has 0 saturated carbocycles. The van der Waals surface area contributed by atoms with Gasteiger partial charge in [-0.05, 0) is 42.3 Å². The fraction of sp³-hybridized carbons (Fsp3) is 0.143. The summed E-state index contributed by atoms with van der Waals surface area (Å²) in [5.74, 6) is 0. The minimum atomic E-state index is -4.67. The van der Waals surface area contributed by atoms with Gasteiger partial charge in [0.05, 0.1) is 10.6 Å². The number of benzene rings is 2. The molecule has 0 radical (unpaired) electrons. The van der Waals surface area contributed by atoms with Crippen molar-refractivity contribution >= 4 is 9.84 Å². The molecule has 2 heterocycles. The number of halogens is 3. The van der Waals surface area contributed by atoms with E-state index in [-0.39, 0.29) is 10.5 Å². The van der Waals surface area contributed by atoms with Gasteiger partial charge in [0.1, 0.15) is 12.0 Å². The molecule has 0 N–H and O–H groups in total. The average molecular weight is 447 g/mol. The second kappa shape index (κ2) is 7.38. The molecule has 0 amide bonds. The molecule has 0 aliphatic carbocycles. The Morgan fingerprint density at radius 3 is 2.29 bits per heavy atom. The summed E-state index contributed by atoms with van der Waals surface area (Å²) in [6, 6.07) is 10.4. The van der Waals surface area contributed by atoms with Crippen LogP contribution in [0.3, 0.4) is 0 Å². The van der Waals surface area contributed by atoms with Crippen molar-refractivity contribution in [2.24, 2.45) is 0 Å². The van der Waals surface area contributed by atoms with Crippen molar-refractivity contribution < 1.29 is 26.0 Å². The predicted octanol–water partition coefficient (Wildman–Crippen LogP) is 4.93. The highest BCUT2D eigenvalue weighted by molar-refractivity contribution is 7.90. The fourth-order valence-corrected chi connectivity index (χ4v) is 3.87. The van der Waals surface area contributed by atoms with E-state index >= 15 is 0 Å². The summed E-state index contributed by atoms with van der Waals surface area (Å²) < 4.78 is 70.4. The third-order valence-corrected chi connectivity index (χ3v) is 5.89. The van der Waals surface area contributed by atoms with Crippen LogP contribution in [0.1, 0.15) is 11.3 Å². The molecule has 6 nitrogen and oxygen atoms in total. The lowest BCUT2D eigenvalue weighted by atomic mass is 9.99. The first-order valence-corrected chi connectivity index (χ1v) is 10.9. The minimum Gasteiger partial charge on any atom is -0.451 e. The molecule has 0 aliphatic rings. The Morgan fingerprint density at radius 1 is 1.03 bits per heavy atom. The molecule has 0 atom stereocenters. The van der Waals surface area contributed by atoms with E-state index < -0.39 is 21.7 Å². The lowest BCUT2D eigenvalue weighted by Crippen LogP contribution is -2.08. The number of nitrogens with zero attached hydrogens (tertiary/aromatic N) is 3. The lowest BCUT2D eigenvalue weighted by Gasteiger charge is -2.08. The topological polar surface area (TPSA) is 78.0 Å². The molecule has 10 heteroatoms. The molecule has 0 spiro atoms. The highest BCUT2D eigenvalue weighted by atomic mass is 32.2. The summed E-state index contributed by atoms with van der Waals surface area (Å²) in [4.78, 5) is 4.14. The monoisotopic (exact) mass is 447 g/mol. The Bertz CT molecular complexity index is 1340.